The van der Waals surface area contributed by atoms with Crippen molar-refractivity contribution >= 4 is 50.6 Å². The lowest BCUT2D eigenvalue weighted by atomic mass is 10.2. The molecule has 6 nitrogen and oxygen atoms in total. The van der Waals surface area contributed by atoms with E-state index in [0.29, 0.717) is 26.9 Å². The molecule has 0 aromatic carbocycles. The number of carbonyl (C=O) groups is 1. The van der Waals surface area contributed by atoms with E-state index in [4.69, 9.17) is 9.52 Å². The normalized spacial score (nSPS) is 11.2. The number of furan rings is 1. The molecule has 25 heavy (non-hydrogen) atoms. The van der Waals surface area contributed by atoms with E-state index in [9.17, 15) is 9.59 Å². The van der Waals surface area contributed by atoms with Crippen molar-refractivity contribution in [2.45, 2.75) is 10.9 Å². The number of thioether (sulfide) groups is 1. The van der Waals surface area contributed by atoms with E-state index in [1.54, 1.807) is 17.4 Å². The van der Waals surface area contributed by atoms with Gasteiger partial charge in [-0.2, -0.15) is 0 Å². The van der Waals surface area contributed by atoms with Crippen LogP contribution in [0.2, 0.25) is 0 Å². The molecule has 0 saturated heterocycles. The zero-order valence-electron chi connectivity index (χ0n) is 12.5. The molecular formula is C16H10N2O4S3. The van der Waals surface area contributed by atoms with E-state index in [-0.39, 0.29) is 11.3 Å². The first-order valence-electron chi connectivity index (χ1n) is 7.12. The standard InChI is InChI=1S/C16H10N2O4S3/c19-13-12-9(11-2-1-5-23-11)7-24-14(12)18-16(17-13)25-6-8-3-4-10(22-8)15(20)21/h1-5,7H,6H2,(H,20,21)(H,17,18,19). The summed E-state index contributed by atoms with van der Waals surface area (Å²) in [5, 5.41) is 13.9. The zero-order valence-corrected chi connectivity index (χ0v) is 15.0. The van der Waals surface area contributed by atoms with Crippen LogP contribution in [0.4, 0.5) is 0 Å². The van der Waals surface area contributed by atoms with E-state index >= 15 is 0 Å². The zero-order chi connectivity index (χ0) is 17.4. The molecule has 0 bridgehead atoms. The van der Waals surface area contributed by atoms with Gasteiger partial charge in [-0.15, -0.1) is 22.7 Å². The van der Waals surface area contributed by atoms with E-state index in [1.165, 1.54) is 29.2 Å². The van der Waals surface area contributed by atoms with Crippen molar-refractivity contribution < 1.29 is 14.3 Å². The quantitative estimate of drug-likeness (QED) is 0.390. The first-order chi connectivity index (χ1) is 12.1. The Labute approximate surface area is 153 Å². The molecule has 0 spiro atoms. The SMILES string of the molecule is O=C(O)c1ccc(CSc2nc3scc(-c4cccs4)c3c(=O)[nH]2)o1. The Hall–Kier alpha value is -2.36. The molecule has 0 unspecified atom stereocenters. The number of H-pyrrole nitrogens is 1. The third-order valence-corrected chi connectivity index (χ3v) is 6.10. The van der Waals surface area contributed by atoms with Crippen LogP contribution in [-0.2, 0) is 5.75 Å². The number of aromatic carboxylic acids is 1. The molecule has 0 atom stereocenters. The Morgan fingerprint density at radius 2 is 2.20 bits per heavy atom. The first kappa shape index (κ1) is 16.1. The van der Waals surface area contributed by atoms with Gasteiger partial charge in [0.25, 0.3) is 5.56 Å². The van der Waals surface area contributed by atoms with Crippen LogP contribution in [0.15, 0.2) is 49.4 Å². The number of hydrogen-bond acceptors (Lipinski definition) is 7. The van der Waals surface area contributed by atoms with Gasteiger partial charge in [0.1, 0.15) is 10.6 Å². The fourth-order valence-electron chi connectivity index (χ4n) is 2.32. The minimum absolute atomic E-state index is 0.105. The summed E-state index contributed by atoms with van der Waals surface area (Å²) in [7, 11) is 0. The van der Waals surface area contributed by atoms with Gasteiger partial charge in [-0.3, -0.25) is 4.79 Å². The molecule has 4 heterocycles. The van der Waals surface area contributed by atoms with Crippen LogP contribution in [0.1, 0.15) is 16.3 Å². The van der Waals surface area contributed by atoms with Crippen molar-refractivity contribution in [1.82, 2.24) is 9.97 Å². The van der Waals surface area contributed by atoms with E-state index in [2.05, 4.69) is 9.97 Å². The van der Waals surface area contributed by atoms with Crippen LogP contribution in [0.25, 0.3) is 20.7 Å². The van der Waals surface area contributed by atoms with Crippen LogP contribution in [0, 0.1) is 0 Å². The molecule has 0 amide bonds. The van der Waals surface area contributed by atoms with Gasteiger partial charge in [-0.25, -0.2) is 9.78 Å². The number of nitrogens with one attached hydrogen (secondary N) is 1. The van der Waals surface area contributed by atoms with Crippen molar-refractivity contribution in [3.8, 4) is 10.4 Å². The average molecular weight is 390 g/mol. The number of thiophene rings is 2. The summed E-state index contributed by atoms with van der Waals surface area (Å²) in [5.41, 5.74) is 0.722. The topological polar surface area (TPSA) is 96.2 Å². The van der Waals surface area contributed by atoms with Gasteiger partial charge in [0, 0.05) is 15.8 Å². The second-order valence-electron chi connectivity index (χ2n) is 5.04. The lowest BCUT2D eigenvalue weighted by Crippen LogP contribution is -2.08. The average Bonchev–Trinajstić information content (AvgIpc) is 3.32. The molecule has 9 heteroatoms. The Morgan fingerprint density at radius 1 is 1.32 bits per heavy atom. The Bertz CT molecular complexity index is 1110. The monoisotopic (exact) mass is 390 g/mol. The summed E-state index contributed by atoms with van der Waals surface area (Å²) in [5.74, 6) is -0.323. The second kappa shape index (κ2) is 6.51. The molecule has 0 saturated carbocycles. The van der Waals surface area contributed by atoms with Crippen LogP contribution < -0.4 is 5.56 Å². The number of carboxylic acids is 1. The van der Waals surface area contributed by atoms with Crippen molar-refractivity contribution in [2.75, 3.05) is 0 Å². The van der Waals surface area contributed by atoms with Gasteiger partial charge in [0.15, 0.2) is 5.16 Å². The third kappa shape index (κ3) is 3.13. The van der Waals surface area contributed by atoms with Crippen molar-refractivity contribution in [1.29, 1.82) is 0 Å². The number of rotatable bonds is 5. The maximum absolute atomic E-state index is 12.5. The molecule has 2 N–H and O–H groups in total. The molecule has 4 rings (SSSR count). The van der Waals surface area contributed by atoms with Crippen molar-refractivity contribution in [3.05, 3.63) is 56.9 Å². The Balaban J connectivity index is 1.61. The fraction of sp³-hybridized carbons (Fsp3) is 0.0625. The number of carboxylic acid groups (broad SMARTS) is 1. The Morgan fingerprint density at radius 3 is 2.92 bits per heavy atom. The summed E-state index contributed by atoms with van der Waals surface area (Å²) in [4.78, 5) is 32.3. The molecule has 0 aliphatic heterocycles. The lowest BCUT2D eigenvalue weighted by molar-refractivity contribution is 0.0661. The lowest BCUT2D eigenvalue weighted by Gasteiger charge is -2.00. The first-order valence-corrected chi connectivity index (χ1v) is 9.86. The Kier molecular flexibility index (Phi) is 4.20. The minimum atomic E-state index is -1.11. The summed E-state index contributed by atoms with van der Waals surface area (Å²) in [6.07, 6.45) is 0. The third-order valence-electron chi connectivity index (χ3n) is 3.43. The highest BCUT2D eigenvalue weighted by molar-refractivity contribution is 7.98. The fourth-order valence-corrected chi connectivity index (χ4v) is 4.90. The number of nitrogens with zero attached hydrogens (tertiary/aromatic N) is 1. The second-order valence-corrected chi connectivity index (χ2v) is 7.81. The molecule has 0 fully saturated rings. The molecule has 0 aliphatic carbocycles. The summed E-state index contributed by atoms with van der Waals surface area (Å²) >= 11 is 4.30. The van der Waals surface area contributed by atoms with Gasteiger partial charge >= 0.3 is 5.97 Å². The largest absolute Gasteiger partial charge is 0.475 e. The van der Waals surface area contributed by atoms with Gasteiger partial charge in [0.05, 0.1) is 11.1 Å². The smallest absolute Gasteiger partial charge is 0.371 e. The van der Waals surface area contributed by atoms with E-state index in [1.807, 2.05) is 22.9 Å². The minimum Gasteiger partial charge on any atom is -0.475 e. The summed E-state index contributed by atoms with van der Waals surface area (Å²) in [6, 6.07) is 6.94. The highest BCUT2D eigenvalue weighted by Crippen LogP contribution is 2.34. The van der Waals surface area contributed by atoms with E-state index in [0.717, 1.165) is 10.4 Å². The number of aromatic amines is 1. The van der Waals surface area contributed by atoms with Gasteiger partial charge in [-0.05, 0) is 23.6 Å². The van der Waals surface area contributed by atoms with Crippen LogP contribution in [0.3, 0.4) is 0 Å². The maximum atomic E-state index is 12.5. The number of hydrogen-bond donors (Lipinski definition) is 2. The van der Waals surface area contributed by atoms with Gasteiger partial charge in [0.2, 0.25) is 5.76 Å². The van der Waals surface area contributed by atoms with Crippen molar-refractivity contribution in [3.63, 3.8) is 0 Å². The number of aromatic nitrogens is 2. The summed E-state index contributed by atoms with van der Waals surface area (Å²) < 4.78 is 5.20. The maximum Gasteiger partial charge on any atom is 0.371 e. The molecule has 0 radical (unpaired) electrons. The van der Waals surface area contributed by atoms with Crippen LogP contribution in [-0.4, -0.2) is 21.0 Å². The van der Waals surface area contributed by atoms with Gasteiger partial charge in [-0.1, -0.05) is 17.8 Å². The molecule has 4 aromatic heterocycles. The highest BCUT2D eigenvalue weighted by Gasteiger charge is 2.14. The van der Waals surface area contributed by atoms with Crippen LogP contribution >= 0.6 is 34.4 Å². The predicted octanol–water partition coefficient (Wildman–Crippen LogP) is 4.30. The molecule has 0 aliphatic rings. The van der Waals surface area contributed by atoms with E-state index < -0.39 is 5.97 Å². The highest BCUT2D eigenvalue weighted by atomic mass is 32.2. The molecule has 4 aromatic rings. The number of fused-ring (bicyclic) bond motifs is 1. The summed E-state index contributed by atoms with van der Waals surface area (Å²) in [6.45, 7) is 0. The van der Waals surface area contributed by atoms with Gasteiger partial charge < -0.3 is 14.5 Å². The van der Waals surface area contributed by atoms with Crippen molar-refractivity contribution in [2.24, 2.45) is 0 Å². The molecule has 126 valence electrons. The molecular weight excluding hydrogens is 380 g/mol. The predicted molar refractivity (Wildman–Crippen MR) is 98.8 cm³/mol. The van der Waals surface area contributed by atoms with Crippen LogP contribution in [0.5, 0.6) is 0 Å².